The van der Waals surface area contributed by atoms with Crippen molar-refractivity contribution >= 4 is 0 Å². The van der Waals surface area contributed by atoms with Gasteiger partial charge in [-0.2, -0.15) is 13.2 Å². The Hall–Kier alpha value is -1.03. The zero-order chi connectivity index (χ0) is 14.7. The number of rotatable bonds is 5. The van der Waals surface area contributed by atoms with E-state index in [2.05, 4.69) is 13.8 Å². The van der Waals surface area contributed by atoms with Crippen LogP contribution in [-0.2, 0) is 10.3 Å². The number of hydrogen-bond donors (Lipinski definition) is 0. The Morgan fingerprint density at radius 3 is 2.37 bits per heavy atom. The molecule has 0 N–H and O–H groups in total. The summed E-state index contributed by atoms with van der Waals surface area (Å²) in [5.41, 5.74) is 0.289. The molecule has 0 radical (unpaired) electrons. The molecule has 1 aromatic carbocycles. The number of halogens is 3. The van der Waals surface area contributed by atoms with Gasteiger partial charge in [-0.25, -0.2) is 0 Å². The molecule has 0 saturated heterocycles. The molecule has 0 fully saturated rings. The third-order valence-electron chi connectivity index (χ3n) is 3.67. The quantitative estimate of drug-likeness (QED) is 0.733. The minimum Gasteiger partial charge on any atom is -0.373 e. The van der Waals surface area contributed by atoms with Crippen LogP contribution in [0.4, 0.5) is 13.2 Å². The van der Waals surface area contributed by atoms with E-state index < -0.39 is 18.2 Å². The molecular weight excluding hydrogens is 253 g/mol. The maximum absolute atomic E-state index is 12.7. The molecule has 0 aliphatic rings. The molecule has 4 heteroatoms. The van der Waals surface area contributed by atoms with Crippen LogP contribution in [0.3, 0.4) is 0 Å². The van der Waals surface area contributed by atoms with Crippen LogP contribution in [0.2, 0.25) is 0 Å². The highest BCUT2D eigenvalue weighted by Gasteiger charge is 2.40. The Labute approximate surface area is 112 Å². The third-order valence-corrected chi connectivity index (χ3v) is 3.67. The highest BCUT2D eigenvalue weighted by molar-refractivity contribution is 5.30. The molecule has 2 unspecified atom stereocenters. The second-order valence-corrected chi connectivity index (χ2v) is 5.16. The Morgan fingerprint density at radius 2 is 1.89 bits per heavy atom. The molecule has 0 spiro atoms. The molecule has 2 atom stereocenters. The average Bonchev–Trinajstić information content (AvgIpc) is 2.36. The molecule has 108 valence electrons. The van der Waals surface area contributed by atoms with Crippen LogP contribution in [0.5, 0.6) is 0 Å². The van der Waals surface area contributed by atoms with E-state index in [0.29, 0.717) is 11.5 Å². The zero-order valence-corrected chi connectivity index (χ0v) is 11.8. The van der Waals surface area contributed by atoms with Crippen LogP contribution in [0.25, 0.3) is 0 Å². The van der Waals surface area contributed by atoms with E-state index in [9.17, 15) is 13.2 Å². The van der Waals surface area contributed by atoms with Crippen LogP contribution >= 0.6 is 0 Å². The first-order valence-electron chi connectivity index (χ1n) is 6.44. The van der Waals surface area contributed by atoms with E-state index in [0.717, 1.165) is 12.0 Å². The van der Waals surface area contributed by atoms with E-state index >= 15 is 0 Å². The Kier molecular flexibility index (Phi) is 5.02. The minimum absolute atomic E-state index is 0.326. The summed E-state index contributed by atoms with van der Waals surface area (Å²) in [6.07, 6.45) is -4.29. The normalized spacial score (nSPS) is 17.0. The molecule has 0 saturated carbocycles. The van der Waals surface area contributed by atoms with Crippen molar-refractivity contribution < 1.29 is 17.9 Å². The monoisotopic (exact) mass is 274 g/mol. The molecule has 0 aliphatic carbocycles. The van der Waals surface area contributed by atoms with Crippen LogP contribution < -0.4 is 0 Å². The molecule has 0 bridgehead atoms. The largest absolute Gasteiger partial charge is 0.392 e. The van der Waals surface area contributed by atoms with Crippen molar-refractivity contribution in [2.45, 2.75) is 51.3 Å². The molecule has 1 nitrogen and oxygen atoms in total. The fourth-order valence-electron chi connectivity index (χ4n) is 2.08. The Morgan fingerprint density at radius 1 is 1.26 bits per heavy atom. The Bertz CT molecular complexity index is 414. The topological polar surface area (TPSA) is 9.23 Å². The van der Waals surface area contributed by atoms with E-state index in [1.165, 1.54) is 14.0 Å². The molecule has 1 rings (SSSR count). The van der Waals surface area contributed by atoms with E-state index in [1.54, 1.807) is 12.1 Å². The summed E-state index contributed by atoms with van der Waals surface area (Å²) in [5, 5.41) is 0. The predicted octanol–water partition coefficient (Wildman–Crippen LogP) is 5.01. The van der Waals surface area contributed by atoms with E-state index in [1.807, 2.05) is 12.1 Å². The van der Waals surface area contributed by atoms with Gasteiger partial charge in [0.1, 0.15) is 0 Å². The summed E-state index contributed by atoms with van der Waals surface area (Å²) in [7, 11) is 1.32. The summed E-state index contributed by atoms with van der Waals surface area (Å²) in [4.78, 5) is 0. The van der Waals surface area contributed by atoms with Crippen LogP contribution in [-0.4, -0.2) is 13.3 Å². The fraction of sp³-hybridized carbons (Fsp3) is 0.600. The number of ether oxygens (including phenoxy) is 1. The SMILES string of the molecule is CCC(C)c1cccc(C(C)(CC(F)(F)F)OC)c1. The van der Waals surface area contributed by atoms with Crippen LogP contribution in [0.1, 0.15) is 50.7 Å². The second-order valence-electron chi connectivity index (χ2n) is 5.16. The number of benzene rings is 1. The lowest BCUT2D eigenvalue weighted by molar-refractivity contribution is -0.181. The molecule has 0 aromatic heterocycles. The molecular formula is C15H21F3O. The van der Waals surface area contributed by atoms with Gasteiger partial charge in [-0.15, -0.1) is 0 Å². The first-order chi connectivity index (χ1) is 8.72. The maximum atomic E-state index is 12.7. The summed E-state index contributed by atoms with van der Waals surface area (Å²) < 4.78 is 43.2. The highest BCUT2D eigenvalue weighted by Crippen LogP contribution is 2.37. The van der Waals surface area contributed by atoms with Crippen LogP contribution in [0.15, 0.2) is 24.3 Å². The van der Waals surface area contributed by atoms with Gasteiger partial charge in [-0.05, 0) is 30.4 Å². The lowest BCUT2D eigenvalue weighted by atomic mass is 9.88. The summed E-state index contributed by atoms with van der Waals surface area (Å²) in [6.45, 7) is 5.60. The van der Waals surface area contributed by atoms with Gasteiger partial charge in [-0.3, -0.25) is 0 Å². The lowest BCUT2D eigenvalue weighted by Crippen LogP contribution is -2.31. The third kappa shape index (κ3) is 4.23. The van der Waals surface area contributed by atoms with Crippen molar-refractivity contribution in [3.8, 4) is 0 Å². The smallest absolute Gasteiger partial charge is 0.373 e. The van der Waals surface area contributed by atoms with Gasteiger partial charge in [0.25, 0.3) is 0 Å². The van der Waals surface area contributed by atoms with Crippen molar-refractivity contribution in [3.63, 3.8) is 0 Å². The van der Waals surface area contributed by atoms with E-state index in [-0.39, 0.29) is 0 Å². The zero-order valence-electron chi connectivity index (χ0n) is 11.8. The van der Waals surface area contributed by atoms with Crippen LogP contribution in [0, 0.1) is 0 Å². The number of hydrogen-bond acceptors (Lipinski definition) is 1. The van der Waals surface area contributed by atoms with Crippen molar-refractivity contribution in [2.75, 3.05) is 7.11 Å². The predicted molar refractivity (Wildman–Crippen MR) is 70.2 cm³/mol. The summed E-state index contributed by atoms with van der Waals surface area (Å²) in [6, 6.07) is 7.26. The fourth-order valence-corrected chi connectivity index (χ4v) is 2.08. The molecule has 1 aromatic rings. The molecule has 0 heterocycles. The van der Waals surface area contributed by atoms with Crippen molar-refractivity contribution in [2.24, 2.45) is 0 Å². The first-order valence-corrected chi connectivity index (χ1v) is 6.44. The van der Waals surface area contributed by atoms with E-state index in [4.69, 9.17) is 4.74 Å². The van der Waals surface area contributed by atoms with Crippen molar-refractivity contribution in [1.29, 1.82) is 0 Å². The minimum atomic E-state index is -4.25. The summed E-state index contributed by atoms with van der Waals surface area (Å²) in [5.74, 6) is 0.326. The highest BCUT2D eigenvalue weighted by atomic mass is 19.4. The van der Waals surface area contributed by atoms with Gasteiger partial charge in [0, 0.05) is 7.11 Å². The lowest BCUT2D eigenvalue weighted by Gasteiger charge is -2.30. The number of alkyl halides is 3. The van der Waals surface area contributed by atoms with Crippen molar-refractivity contribution in [3.05, 3.63) is 35.4 Å². The Balaban J connectivity index is 3.11. The van der Waals surface area contributed by atoms with Gasteiger partial charge >= 0.3 is 6.18 Å². The first kappa shape index (κ1) is 16.0. The summed E-state index contributed by atoms with van der Waals surface area (Å²) >= 11 is 0. The molecule has 19 heavy (non-hydrogen) atoms. The van der Waals surface area contributed by atoms with Gasteiger partial charge in [0.2, 0.25) is 0 Å². The molecule has 0 amide bonds. The standard InChI is InChI=1S/C15H21F3O/c1-5-11(2)12-7-6-8-13(9-12)14(3,19-4)10-15(16,17)18/h6-9,11H,5,10H2,1-4H3. The van der Waals surface area contributed by atoms with Gasteiger partial charge < -0.3 is 4.74 Å². The number of methoxy groups -OCH3 is 1. The van der Waals surface area contributed by atoms with Gasteiger partial charge in [0.15, 0.2) is 0 Å². The maximum Gasteiger partial charge on any atom is 0.392 e. The molecule has 0 aliphatic heterocycles. The van der Waals surface area contributed by atoms with Gasteiger partial charge in [0.05, 0.1) is 12.0 Å². The second kappa shape index (κ2) is 5.95. The van der Waals surface area contributed by atoms with Crippen molar-refractivity contribution in [1.82, 2.24) is 0 Å². The average molecular weight is 274 g/mol. The van der Waals surface area contributed by atoms with Gasteiger partial charge in [-0.1, -0.05) is 38.1 Å².